The summed E-state index contributed by atoms with van der Waals surface area (Å²) < 4.78 is 0. The molecule has 0 atom stereocenters. The molecule has 2 amide bonds. The minimum Gasteiger partial charge on any atom is -0.306 e. The van der Waals surface area contributed by atoms with Gasteiger partial charge in [0.1, 0.15) is 0 Å². The Morgan fingerprint density at radius 3 is 3.10 bits per heavy atom. The number of hydrogen-bond acceptors (Lipinski definition) is 3. The van der Waals surface area contributed by atoms with Gasteiger partial charge in [0.25, 0.3) is 0 Å². The number of hydrogen-bond donors (Lipinski definition) is 1. The van der Waals surface area contributed by atoms with Gasteiger partial charge in [-0.05, 0) is 48.2 Å². The average molecular weight is 297 g/mol. The van der Waals surface area contributed by atoms with E-state index in [9.17, 15) is 4.79 Å². The average Bonchev–Trinajstić information content (AvgIpc) is 3.11. The molecule has 21 heavy (non-hydrogen) atoms. The predicted molar refractivity (Wildman–Crippen MR) is 85.2 cm³/mol. The molecular formula is C16H15N3OS. The van der Waals surface area contributed by atoms with Crippen molar-refractivity contribution in [3.8, 4) is 0 Å². The van der Waals surface area contributed by atoms with Gasteiger partial charge in [0.15, 0.2) is 0 Å². The summed E-state index contributed by atoms with van der Waals surface area (Å²) in [4.78, 5) is 19.7. The molecule has 4 nitrogen and oxygen atoms in total. The Hall–Kier alpha value is -2.01. The van der Waals surface area contributed by atoms with Gasteiger partial charge in [-0.3, -0.25) is 9.88 Å². The quantitative estimate of drug-likeness (QED) is 0.878. The van der Waals surface area contributed by atoms with E-state index in [0.29, 0.717) is 0 Å². The van der Waals surface area contributed by atoms with E-state index in [1.807, 2.05) is 28.8 Å². The molecule has 4 rings (SSSR count). The highest BCUT2D eigenvalue weighted by atomic mass is 32.2. The van der Waals surface area contributed by atoms with Gasteiger partial charge >= 0.3 is 6.03 Å². The van der Waals surface area contributed by atoms with Crippen molar-refractivity contribution in [1.82, 2.24) is 4.98 Å². The smallest absolute Gasteiger partial charge is 0.306 e. The molecule has 0 radical (unpaired) electrons. The van der Waals surface area contributed by atoms with E-state index in [1.54, 1.807) is 12.4 Å². The first-order valence-electron chi connectivity index (χ1n) is 7.08. The molecule has 0 saturated carbocycles. The number of nitrogens with one attached hydrogen (secondary N) is 1. The van der Waals surface area contributed by atoms with Gasteiger partial charge in [-0.1, -0.05) is 0 Å². The fraction of sp³-hybridized carbons (Fsp3) is 0.250. The number of rotatable bonds is 1. The molecule has 0 unspecified atom stereocenters. The van der Waals surface area contributed by atoms with E-state index in [1.165, 1.54) is 16.0 Å². The Labute approximate surface area is 127 Å². The van der Waals surface area contributed by atoms with Crippen LogP contribution < -0.4 is 10.2 Å². The van der Waals surface area contributed by atoms with E-state index in [0.717, 1.165) is 36.5 Å². The Morgan fingerprint density at radius 2 is 2.24 bits per heavy atom. The first-order chi connectivity index (χ1) is 10.3. The maximum absolute atomic E-state index is 12.5. The summed E-state index contributed by atoms with van der Waals surface area (Å²) in [5.41, 5.74) is 4.45. The highest BCUT2D eigenvalue weighted by Crippen LogP contribution is 2.39. The highest BCUT2D eigenvalue weighted by molar-refractivity contribution is 7.99. The number of benzene rings is 1. The zero-order valence-corrected chi connectivity index (χ0v) is 12.3. The fourth-order valence-electron chi connectivity index (χ4n) is 2.90. The lowest BCUT2D eigenvalue weighted by molar-refractivity contribution is 0.257. The number of fused-ring (bicyclic) bond motifs is 2. The number of carbonyl (C=O) groups excluding carboxylic acids is 1. The summed E-state index contributed by atoms with van der Waals surface area (Å²) in [7, 11) is 0. The summed E-state index contributed by atoms with van der Waals surface area (Å²) in [6.45, 7) is 0.745. The van der Waals surface area contributed by atoms with Crippen LogP contribution in [-0.4, -0.2) is 23.3 Å². The Morgan fingerprint density at radius 1 is 1.29 bits per heavy atom. The van der Waals surface area contributed by atoms with Gasteiger partial charge in [-0.2, -0.15) is 0 Å². The van der Waals surface area contributed by atoms with Crippen molar-refractivity contribution >= 4 is 29.2 Å². The van der Waals surface area contributed by atoms with Gasteiger partial charge in [0.05, 0.1) is 11.9 Å². The van der Waals surface area contributed by atoms with Gasteiger partial charge in [-0.25, -0.2) is 4.79 Å². The molecule has 1 aromatic carbocycles. The zero-order valence-electron chi connectivity index (χ0n) is 11.5. The minimum absolute atomic E-state index is 0.0765. The molecule has 0 aliphatic carbocycles. The third-order valence-electron chi connectivity index (χ3n) is 3.94. The van der Waals surface area contributed by atoms with E-state index in [2.05, 4.69) is 22.4 Å². The van der Waals surface area contributed by atoms with Crippen LogP contribution in [0.25, 0.3) is 0 Å². The number of urea groups is 1. The van der Waals surface area contributed by atoms with Crippen LogP contribution in [0.1, 0.15) is 11.1 Å². The van der Waals surface area contributed by atoms with Crippen LogP contribution in [0.3, 0.4) is 0 Å². The van der Waals surface area contributed by atoms with Crippen molar-refractivity contribution in [2.24, 2.45) is 0 Å². The van der Waals surface area contributed by atoms with E-state index in [-0.39, 0.29) is 6.03 Å². The molecule has 2 aliphatic heterocycles. The van der Waals surface area contributed by atoms with Crippen molar-refractivity contribution < 1.29 is 4.79 Å². The highest BCUT2D eigenvalue weighted by Gasteiger charge is 2.27. The Kier molecular flexibility index (Phi) is 3.07. The number of aryl methyl sites for hydroxylation is 1. The standard InChI is InChI=1S/C16H15N3OS/c20-16(18-13-2-1-5-17-10-13)19-6-3-11-9-15-12(4-7-21-15)8-14(11)19/h1-2,5,8-10H,3-4,6-7H2,(H,18,20). The minimum atomic E-state index is -0.0765. The summed E-state index contributed by atoms with van der Waals surface area (Å²) in [6, 6.07) is 8.05. The SMILES string of the molecule is O=C(Nc1cccnc1)N1CCc2cc3c(cc21)CCS3. The lowest BCUT2D eigenvalue weighted by Crippen LogP contribution is -2.33. The first kappa shape index (κ1) is 12.7. The van der Waals surface area contributed by atoms with Crippen molar-refractivity contribution in [3.63, 3.8) is 0 Å². The van der Waals surface area contributed by atoms with Gasteiger partial charge < -0.3 is 5.32 Å². The molecule has 106 valence electrons. The maximum atomic E-state index is 12.5. The van der Waals surface area contributed by atoms with Gasteiger partial charge in [0, 0.05) is 29.1 Å². The Balaban J connectivity index is 1.60. The van der Waals surface area contributed by atoms with Crippen LogP contribution in [0.5, 0.6) is 0 Å². The Bertz CT molecular complexity index is 702. The lowest BCUT2D eigenvalue weighted by atomic mass is 10.1. The normalized spacial score (nSPS) is 15.7. The molecule has 0 bridgehead atoms. The summed E-state index contributed by atoms with van der Waals surface area (Å²) in [5, 5.41) is 2.91. The van der Waals surface area contributed by atoms with Crippen LogP contribution in [-0.2, 0) is 12.8 Å². The topological polar surface area (TPSA) is 45.2 Å². The first-order valence-corrected chi connectivity index (χ1v) is 8.07. The van der Waals surface area contributed by atoms with Crippen LogP contribution in [0.2, 0.25) is 0 Å². The summed E-state index contributed by atoms with van der Waals surface area (Å²) >= 11 is 1.92. The van der Waals surface area contributed by atoms with E-state index < -0.39 is 0 Å². The maximum Gasteiger partial charge on any atom is 0.326 e. The summed E-state index contributed by atoms with van der Waals surface area (Å²) in [5.74, 6) is 1.15. The summed E-state index contributed by atoms with van der Waals surface area (Å²) in [6.07, 6.45) is 5.39. The second-order valence-electron chi connectivity index (χ2n) is 5.26. The number of carbonyl (C=O) groups is 1. The molecule has 3 heterocycles. The van der Waals surface area contributed by atoms with Crippen LogP contribution in [0.4, 0.5) is 16.2 Å². The largest absolute Gasteiger partial charge is 0.326 e. The molecule has 0 spiro atoms. The number of pyridine rings is 1. The monoisotopic (exact) mass is 297 g/mol. The molecular weight excluding hydrogens is 282 g/mol. The number of thioether (sulfide) groups is 1. The van der Waals surface area contributed by atoms with Gasteiger partial charge in [0.2, 0.25) is 0 Å². The van der Waals surface area contributed by atoms with Gasteiger partial charge in [-0.15, -0.1) is 11.8 Å². The molecule has 1 aromatic heterocycles. The number of aromatic nitrogens is 1. The molecule has 0 fully saturated rings. The molecule has 0 saturated heterocycles. The van der Waals surface area contributed by atoms with Crippen LogP contribution in [0.15, 0.2) is 41.6 Å². The van der Waals surface area contributed by atoms with Crippen molar-refractivity contribution in [2.45, 2.75) is 17.7 Å². The predicted octanol–water partition coefficient (Wildman–Crippen LogP) is 3.32. The molecule has 5 heteroatoms. The second kappa shape index (κ2) is 5.07. The fourth-order valence-corrected chi connectivity index (χ4v) is 4.01. The molecule has 2 aliphatic rings. The van der Waals surface area contributed by atoms with Crippen molar-refractivity contribution in [2.75, 3.05) is 22.5 Å². The number of anilines is 2. The molecule has 1 N–H and O–H groups in total. The van der Waals surface area contributed by atoms with Crippen LogP contribution >= 0.6 is 11.8 Å². The van der Waals surface area contributed by atoms with E-state index >= 15 is 0 Å². The molecule has 2 aromatic rings. The second-order valence-corrected chi connectivity index (χ2v) is 6.40. The third-order valence-corrected chi connectivity index (χ3v) is 5.04. The van der Waals surface area contributed by atoms with Crippen molar-refractivity contribution in [3.05, 3.63) is 47.8 Å². The van der Waals surface area contributed by atoms with E-state index in [4.69, 9.17) is 0 Å². The van der Waals surface area contributed by atoms with Crippen molar-refractivity contribution in [1.29, 1.82) is 0 Å². The number of amides is 2. The number of nitrogens with zero attached hydrogens (tertiary/aromatic N) is 2. The zero-order chi connectivity index (χ0) is 14.2. The lowest BCUT2D eigenvalue weighted by Gasteiger charge is -2.18. The van der Waals surface area contributed by atoms with Crippen LogP contribution in [0, 0.1) is 0 Å². The third kappa shape index (κ3) is 2.27.